The Labute approximate surface area is 78.0 Å². The summed E-state index contributed by atoms with van der Waals surface area (Å²) in [6, 6.07) is 0. The van der Waals surface area contributed by atoms with Crippen molar-refractivity contribution in [1.29, 1.82) is 0 Å². The molecule has 1 aliphatic heterocycles. The Hall–Kier alpha value is 0.540. The molecular formula is C8H14Cl2O. The molecule has 1 heterocycles. The highest BCUT2D eigenvalue weighted by Gasteiger charge is 2.42. The van der Waals surface area contributed by atoms with Gasteiger partial charge in [0, 0.05) is 0 Å². The smallest absolute Gasteiger partial charge is 0.102 e. The van der Waals surface area contributed by atoms with Gasteiger partial charge in [0.15, 0.2) is 0 Å². The van der Waals surface area contributed by atoms with E-state index in [0.29, 0.717) is 5.88 Å². The minimum atomic E-state index is 0.179. The monoisotopic (exact) mass is 196 g/mol. The van der Waals surface area contributed by atoms with E-state index >= 15 is 0 Å². The first kappa shape index (κ1) is 9.63. The summed E-state index contributed by atoms with van der Waals surface area (Å²) in [5, 5.41) is 0.179. The van der Waals surface area contributed by atoms with Gasteiger partial charge >= 0.3 is 0 Å². The Morgan fingerprint density at radius 2 is 2.27 bits per heavy atom. The highest BCUT2D eigenvalue weighted by atomic mass is 35.5. The van der Waals surface area contributed by atoms with E-state index in [-0.39, 0.29) is 17.6 Å². The van der Waals surface area contributed by atoms with Crippen molar-refractivity contribution in [2.75, 3.05) is 5.88 Å². The number of rotatable bonds is 5. The van der Waals surface area contributed by atoms with Gasteiger partial charge in [-0.1, -0.05) is 19.8 Å². The third-order valence-corrected chi connectivity index (χ3v) is 2.73. The molecule has 0 saturated carbocycles. The molecule has 1 fully saturated rings. The summed E-state index contributed by atoms with van der Waals surface area (Å²) in [4.78, 5) is 0. The predicted octanol–water partition coefficient (Wildman–Crippen LogP) is 2.79. The molecule has 3 atom stereocenters. The largest absolute Gasteiger partial charge is 0.367 e. The molecule has 0 aromatic heterocycles. The molecular weight excluding hydrogens is 183 g/mol. The van der Waals surface area contributed by atoms with Crippen molar-refractivity contribution in [3.05, 3.63) is 0 Å². The van der Waals surface area contributed by atoms with Gasteiger partial charge in [0.25, 0.3) is 0 Å². The van der Waals surface area contributed by atoms with Gasteiger partial charge in [0.05, 0.1) is 17.4 Å². The third-order valence-electron chi connectivity index (χ3n) is 1.96. The molecule has 1 nitrogen and oxygen atoms in total. The Bertz CT molecular complexity index is 119. The first-order chi connectivity index (χ1) is 5.29. The topological polar surface area (TPSA) is 12.5 Å². The number of ether oxygens (including phenoxy) is 1. The Morgan fingerprint density at radius 1 is 1.55 bits per heavy atom. The molecule has 1 rings (SSSR count). The van der Waals surface area contributed by atoms with E-state index in [0.717, 1.165) is 6.42 Å². The zero-order valence-corrected chi connectivity index (χ0v) is 8.24. The van der Waals surface area contributed by atoms with Crippen LogP contribution in [-0.2, 0) is 4.74 Å². The Balaban J connectivity index is 2.07. The summed E-state index contributed by atoms with van der Waals surface area (Å²) < 4.78 is 5.26. The second-order valence-corrected chi connectivity index (χ2v) is 3.82. The lowest BCUT2D eigenvalue weighted by Crippen LogP contribution is -2.10. The number of hydrogen-bond acceptors (Lipinski definition) is 1. The third kappa shape index (κ3) is 2.81. The first-order valence-corrected chi connectivity index (χ1v) is 5.12. The number of epoxide rings is 1. The van der Waals surface area contributed by atoms with Crippen LogP contribution in [0.15, 0.2) is 0 Å². The second-order valence-electron chi connectivity index (χ2n) is 2.95. The maximum absolute atomic E-state index is 6.05. The summed E-state index contributed by atoms with van der Waals surface area (Å²) >= 11 is 11.6. The van der Waals surface area contributed by atoms with Gasteiger partial charge in [-0.25, -0.2) is 0 Å². The van der Waals surface area contributed by atoms with Gasteiger partial charge in [0.1, 0.15) is 6.10 Å². The lowest BCUT2D eigenvalue weighted by atomic mass is 10.1. The lowest BCUT2D eigenvalue weighted by Gasteiger charge is -2.03. The molecule has 0 aromatic rings. The predicted molar refractivity (Wildman–Crippen MR) is 48.5 cm³/mol. The van der Waals surface area contributed by atoms with Crippen LogP contribution in [0.3, 0.4) is 0 Å². The zero-order chi connectivity index (χ0) is 8.27. The molecule has 0 spiro atoms. The highest BCUT2D eigenvalue weighted by molar-refractivity contribution is 6.21. The van der Waals surface area contributed by atoms with Crippen LogP contribution in [-0.4, -0.2) is 23.5 Å². The first-order valence-electron chi connectivity index (χ1n) is 4.15. The van der Waals surface area contributed by atoms with Gasteiger partial charge in [0.2, 0.25) is 0 Å². The Kier molecular flexibility index (Phi) is 3.97. The SMILES string of the molecule is CCCCC(Cl)C1OC1CCl. The number of unbranched alkanes of at least 4 members (excludes halogenated alkanes) is 1. The van der Waals surface area contributed by atoms with Crippen molar-refractivity contribution in [3.63, 3.8) is 0 Å². The van der Waals surface area contributed by atoms with Gasteiger partial charge in [-0.05, 0) is 6.42 Å². The van der Waals surface area contributed by atoms with Gasteiger partial charge < -0.3 is 4.74 Å². The zero-order valence-electron chi connectivity index (χ0n) is 6.72. The van der Waals surface area contributed by atoms with E-state index in [4.69, 9.17) is 27.9 Å². The summed E-state index contributed by atoms with van der Waals surface area (Å²) in [5.74, 6) is 0.583. The van der Waals surface area contributed by atoms with Gasteiger partial charge in [-0.2, -0.15) is 0 Å². The average molecular weight is 197 g/mol. The van der Waals surface area contributed by atoms with E-state index in [1.807, 2.05) is 0 Å². The minimum Gasteiger partial charge on any atom is -0.367 e. The summed E-state index contributed by atoms with van der Waals surface area (Å²) in [5.41, 5.74) is 0. The van der Waals surface area contributed by atoms with Crippen molar-refractivity contribution in [2.24, 2.45) is 0 Å². The number of halogens is 2. The van der Waals surface area contributed by atoms with E-state index in [1.54, 1.807) is 0 Å². The maximum Gasteiger partial charge on any atom is 0.102 e. The van der Waals surface area contributed by atoms with Gasteiger partial charge in [-0.15, -0.1) is 23.2 Å². The average Bonchev–Trinajstić information content (AvgIpc) is 2.78. The summed E-state index contributed by atoms with van der Waals surface area (Å²) in [6.07, 6.45) is 3.90. The van der Waals surface area contributed by atoms with Crippen LogP contribution in [0.1, 0.15) is 26.2 Å². The van der Waals surface area contributed by atoms with E-state index in [1.165, 1.54) is 12.8 Å². The van der Waals surface area contributed by atoms with Crippen LogP contribution in [0.25, 0.3) is 0 Å². The van der Waals surface area contributed by atoms with Crippen LogP contribution in [0.4, 0.5) is 0 Å². The molecule has 1 aliphatic rings. The fourth-order valence-corrected chi connectivity index (χ4v) is 1.79. The fraction of sp³-hybridized carbons (Fsp3) is 1.00. The van der Waals surface area contributed by atoms with E-state index in [2.05, 4.69) is 6.92 Å². The maximum atomic E-state index is 6.05. The van der Waals surface area contributed by atoms with Crippen LogP contribution >= 0.6 is 23.2 Å². The molecule has 0 radical (unpaired) electrons. The Morgan fingerprint density at radius 3 is 2.73 bits per heavy atom. The molecule has 0 bridgehead atoms. The quantitative estimate of drug-likeness (QED) is 0.487. The van der Waals surface area contributed by atoms with Crippen molar-refractivity contribution in [2.45, 2.75) is 43.8 Å². The molecule has 0 aromatic carbocycles. The van der Waals surface area contributed by atoms with E-state index < -0.39 is 0 Å². The van der Waals surface area contributed by atoms with Crippen LogP contribution in [0.2, 0.25) is 0 Å². The summed E-state index contributed by atoms with van der Waals surface area (Å²) in [6.45, 7) is 2.16. The van der Waals surface area contributed by atoms with Crippen molar-refractivity contribution >= 4 is 23.2 Å². The highest BCUT2D eigenvalue weighted by Crippen LogP contribution is 2.31. The van der Waals surface area contributed by atoms with Gasteiger partial charge in [-0.3, -0.25) is 0 Å². The van der Waals surface area contributed by atoms with E-state index in [9.17, 15) is 0 Å². The standard InChI is InChI=1S/C8H14Cl2O/c1-2-3-4-6(10)8-7(5-9)11-8/h6-8H,2-5H2,1H3. The van der Waals surface area contributed by atoms with Crippen LogP contribution in [0.5, 0.6) is 0 Å². The van der Waals surface area contributed by atoms with Crippen molar-refractivity contribution in [1.82, 2.24) is 0 Å². The second kappa shape index (κ2) is 4.54. The molecule has 11 heavy (non-hydrogen) atoms. The van der Waals surface area contributed by atoms with Crippen LogP contribution < -0.4 is 0 Å². The van der Waals surface area contributed by atoms with Crippen LogP contribution in [0, 0.1) is 0 Å². The summed E-state index contributed by atoms with van der Waals surface area (Å²) in [7, 11) is 0. The normalized spacial score (nSPS) is 31.9. The van der Waals surface area contributed by atoms with Crippen molar-refractivity contribution in [3.8, 4) is 0 Å². The molecule has 0 aliphatic carbocycles. The molecule has 66 valence electrons. The molecule has 0 amide bonds. The number of hydrogen-bond donors (Lipinski definition) is 0. The molecule has 3 heteroatoms. The number of alkyl halides is 2. The molecule has 0 N–H and O–H groups in total. The molecule has 1 saturated heterocycles. The fourth-order valence-electron chi connectivity index (χ4n) is 1.16. The van der Waals surface area contributed by atoms with Crippen molar-refractivity contribution < 1.29 is 4.74 Å². The minimum absolute atomic E-state index is 0.179. The lowest BCUT2D eigenvalue weighted by molar-refractivity contribution is 0.369. The molecule has 3 unspecified atom stereocenters.